The monoisotopic (exact) mass is 390 g/mol. The summed E-state index contributed by atoms with van der Waals surface area (Å²) in [6.45, 7) is 0. The van der Waals surface area contributed by atoms with Crippen LogP contribution in [0, 0.1) is 10.8 Å². The molecule has 0 bridgehead atoms. The van der Waals surface area contributed by atoms with E-state index in [1.165, 1.54) is 29.4 Å². The van der Waals surface area contributed by atoms with Crippen molar-refractivity contribution in [2.24, 2.45) is 17.2 Å². The number of nitrogens with one attached hydrogen (secondary N) is 2. The number of amidine groups is 2. The fourth-order valence-electron chi connectivity index (χ4n) is 2.13. The van der Waals surface area contributed by atoms with Crippen LogP contribution >= 0.6 is 12.4 Å². The maximum absolute atomic E-state index is 12.6. The molecule has 0 fully saturated rings. The number of pyridine rings is 2. The lowest BCUT2D eigenvalue weighted by Crippen LogP contribution is -2.28. The van der Waals surface area contributed by atoms with E-state index in [4.69, 9.17) is 28.0 Å². The molecule has 0 aliphatic rings. The van der Waals surface area contributed by atoms with Crippen molar-refractivity contribution >= 4 is 47.3 Å². The summed E-state index contributed by atoms with van der Waals surface area (Å²) in [6, 6.07) is 6.16. The number of hydrogen-bond donors (Lipinski definition) is 5. The Morgan fingerprint density at radius 1 is 0.852 bits per heavy atom. The Balaban J connectivity index is 0.00000364. The quantitative estimate of drug-likeness (QED) is 0.335. The third-order valence-electron chi connectivity index (χ3n) is 3.40. The lowest BCUT2D eigenvalue weighted by Gasteiger charge is -2.22. The first kappa shape index (κ1) is 21.5. The number of rotatable bonds is 7. The molecule has 0 saturated carbocycles. The standard InChI is InChI=1S/C16H18N8O2.ClH/c17-13(25)5-6-14(26)24(9-1-3-11(15(18)19)22-7-9)10-2-4-12(16(20)21)23-8-10;/h1-4,7-8H,5-6H2,(H2,17,25)(H3,18,19)(H3,20,21);1H. The van der Waals surface area contributed by atoms with Crippen molar-refractivity contribution in [3.63, 3.8) is 0 Å². The van der Waals surface area contributed by atoms with Crippen molar-refractivity contribution in [3.8, 4) is 0 Å². The third-order valence-corrected chi connectivity index (χ3v) is 3.40. The predicted molar refractivity (Wildman–Crippen MR) is 103 cm³/mol. The maximum atomic E-state index is 12.6. The molecule has 0 aromatic carbocycles. The van der Waals surface area contributed by atoms with E-state index in [-0.39, 0.29) is 48.3 Å². The van der Waals surface area contributed by atoms with Crippen LogP contribution in [0.5, 0.6) is 0 Å². The van der Waals surface area contributed by atoms with Crippen molar-refractivity contribution in [2.45, 2.75) is 12.8 Å². The van der Waals surface area contributed by atoms with E-state index in [2.05, 4.69) is 9.97 Å². The van der Waals surface area contributed by atoms with Crippen molar-refractivity contribution < 1.29 is 9.59 Å². The SMILES string of the molecule is Cl.N=C(N)c1ccc(N(C(=O)CCC(N)=O)c2ccc(C(=N)N)nc2)cn1. The summed E-state index contributed by atoms with van der Waals surface area (Å²) < 4.78 is 0. The van der Waals surface area contributed by atoms with Gasteiger partial charge in [-0.15, -0.1) is 12.4 Å². The Labute approximate surface area is 161 Å². The Morgan fingerprint density at radius 2 is 1.30 bits per heavy atom. The van der Waals surface area contributed by atoms with E-state index in [9.17, 15) is 9.59 Å². The summed E-state index contributed by atoms with van der Waals surface area (Å²) >= 11 is 0. The summed E-state index contributed by atoms with van der Waals surface area (Å²) in [6.07, 6.45) is 2.57. The minimum Gasteiger partial charge on any atom is -0.382 e. The molecule has 2 aromatic rings. The van der Waals surface area contributed by atoms with Gasteiger partial charge in [0.25, 0.3) is 0 Å². The van der Waals surface area contributed by atoms with Crippen molar-refractivity contribution in [3.05, 3.63) is 48.0 Å². The van der Waals surface area contributed by atoms with Gasteiger partial charge in [0.05, 0.1) is 23.8 Å². The first-order valence-electron chi connectivity index (χ1n) is 7.51. The molecule has 0 aliphatic carbocycles. The van der Waals surface area contributed by atoms with Gasteiger partial charge in [0, 0.05) is 12.8 Å². The van der Waals surface area contributed by atoms with Crippen LogP contribution in [0.1, 0.15) is 24.2 Å². The van der Waals surface area contributed by atoms with Gasteiger partial charge in [-0.05, 0) is 24.3 Å². The highest BCUT2D eigenvalue weighted by molar-refractivity contribution is 6.02. The highest BCUT2D eigenvalue weighted by Crippen LogP contribution is 2.25. The van der Waals surface area contributed by atoms with E-state index in [0.29, 0.717) is 11.4 Å². The van der Waals surface area contributed by atoms with Crippen LogP contribution in [0.25, 0.3) is 0 Å². The lowest BCUT2D eigenvalue weighted by atomic mass is 10.2. The summed E-state index contributed by atoms with van der Waals surface area (Å²) in [4.78, 5) is 33.0. The molecule has 11 heteroatoms. The second-order valence-electron chi connectivity index (χ2n) is 5.33. The number of amides is 2. The average Bonchev–Trinajstić information content (AvgIpc) is 2.61. The molecule has 0 aliphatic heterocycles. The van der Waals surface area contributed by atoms with E-state index in [1.807, 2.05) is 0 Å². The molecule has 2 amide bonds. The number of carbonyl (C=O) groups excluding carboxylic acids is 2. The summed E-state index contributed by atoms with van der Waals surface area (Å²) in [7, 11) is 0. The van der Waals surface area contributed by atoms with Crippen LogP contribution in [-0.4, -0.2) is 33.5 Å². The number of nitrogen functional groups attached to an aromatic ring is 2. The van der Waals surface area contributed by atoms with Crippen LogP contribution in [0.3, 0.4) is 0 Å². The highest BCUT2D eigenvalue weighted by atomic mass is 35.5. The molecule has 2 heterocycles. The lowest BCUT2D eigenvalue weighted by molar-refractivity contribution is -0.123. The van der Waals surface area contributed by atoms with Gasteiger partial charge < -0.3 is 17.2 Å². The topological polar surface area (TPSA) is 189 Å². The van der Waals surface area contributed by atoms with Crippen molar-refractivity contribution in [1.82, 2.24) is 9.97 Å². The number of hydrogen-bond acceptors (Lipinski definition) is 6. The van der Waals surface area contributed by atoms with E-state index in [0.717, 1.165) is 0 Å². The second-order valence-corrected chi connectivity index (χ2v) is 5.33. The Bertz CT molecular complexity index is 794. The summed E-state index contributed by atoms with van der Waals surface area (Å²) in [5, 5.41) is 14.8. The van der Waals surface area contributed by atoms with Gasteiger partial charge >= 0.3 is 0 Å². The van der Waals surface area contributed by atoms with E-state index >= 15 is 0 Å². The minimum absolute atomic E-state index is 0. The van der Waals surface area contributed by atoms with Crippen LogP contribution < -0.4 is 22.1 Å². The van der Waals surface area contributed by atoms with Gasteiger partial charge in [-0.1, -0.05) is 0 Å². The van der Waals surface area contributed by atoms with Gasteiger partial charge in [0.2, 0.25) is 11.8 Å². The van der Waals surface area contributed by atoms with Crippen LogP contribution in [0.15, 0.2) is 36.7 Å². The number of nitrogens with zero attached hydrogens (tertiary/aromatic N) is 3. The molecule has 10 nitrogen and oxygen atoms in total. The zero-order valence-electron chi connectivity index (χ0n) is 14.2. The molecular formula is C16H19ClN8O2. The van der Waals surface area contributed by atoms with Crippen molar-refractivity contribution in [2.75, 3.05) is 4.90 Å². The molecule has 0 atom stereocenters. The fraction of sp³-hybridized carbons (Fsp3) is 0.125. The number of primary amides is 1. The Morgan fingerprint density at radius 3 is 1.59 bits per heavy atom. The first-order chi connectivity index (χ1) is 12.3. The van der Waals surface area contributed by atoms with Crippen molar-refractivity contribution in [1.29, 1.82) is 10.8 Å². The molecule has 2 rings (SSSR count). The molecule has 0 spiro atoms. The van der Waals surface area contributed by atoms with Crippen LogP contribution in [0.2, 0.25) is 0 Å². The van der Waals surface area contributed by atoms with Gasteiger partial charge in [0.15, 0.2) is 0 Å². The number of halogens is 1. The zero-order valence-corrected chi connectivity index (χ0v) is 15.0. The van der Waals surface area contributed by atoms with Gasteiger partial charge in [0.1, 0.15) is 23.1 Å². The van der Waals surface area contributed by atoms with E-state index in [1.54, 1.807) is 12.1 Å². The zero-order chi connectivity index (χ0) is 19.3. The Kier molecular flexibility index (Phi) is 7.37. The highest BCUT2D eigenvalue weighted by Gasteiger charge is 2.20. The average molecular weight is 391 g/mol. The van der Waals surface area contributed by atoms with Gasteiger partial charge in [-0.2, -0.15) is 0 Å². The molecular weight excluding hydrogens is 372 g/mol. The minimum atomic E-state index is -0.589. The predicted octanol–water partition coefficient (Wildman–Crippen LogP) is 0.397. The van der Waals surface area contributed by atoms with Gasteiger partial charge in [-0.25, -0.2) is 0 Å². The summed E-state index contributed by atoms with van der Waals surface area (Å²) in [5.74, 6) is -1.38. The number of carbonyl (C=O) groups is 2. The second kappa shape index (κ2) is 9.25. The molecule has 27 heavy (non-hydrogen) atoms. The number of aromatic nitrogens is 2. The van der Waals surface area contributed by atoms with E-state index < -0.39 is 11.8 Å². The first-order valence-corrected chi connectivity index (χ1v) is 7.51. The normalized spacial score (nSPS) is 9.78. The third kappa shape index (κ3) is 5.47. The van der Waals surface area contributed by atoms with Gasteiger partial charge in [-0.3, -0.25) is 35.3 Å². The molecule has 0 radical (unpaired) electrons. The van der Waals surface area contributed by atoms with Crippen LogP contribution in [-0.2, 0) is 9.59 Å². The number of anilines is 2. The molecule has 0 unspecified atom stereocenters. The summed E-state index contributed by atoms with van der Waals surface area (Å²) in [5.41, 5.74) is 17.2. The largest absolute Gasteiger partial charge is 0.382 e. The molecule has 0 saturated heterocycles. The smallest absolute Gasteiger partial charge is 0.232 e. The fourth-order valence-corrected chi connectivity index (χ4v) is 2.13. The Hall–Kier alpha value is -3.53. The van der Waals surface area contributed by atoms with Crippen LogP contribution in [0.4, 0.5) is 11.4 Å². The molecule has 142 valence electrons. The number of nitrogens with two attached hydrogens (primary N) is 3. The molecule has 8 N–H and O–H groups in total. The molecule has 2 aromatic heterocycles. The maximum Gasteiger partial charge on any atom is 0.232 e.